The molecule has 0 radical (unpaired) electrons. The molecule has 2 rings (SSSR count). The van der Waals surface area contributed by atoms with Crippen molar-refractivity contribution in [2.45, 2.75) is 13.3 Å². The van der Waals surface area contributed by atoms with E-state index >= 15 is 0 Å². The predicted molar refractivity (Wildman–Crippen MR) is 87.9 cm³/mol. The summed E-state index contributed by atoms with van der Waals surface area (Å²) in [7, 11) is 0. The quantitative estimate of drug-likeness (QED) is 0.624. The molecular weight excluding hydrogens is 310 g/mol. The summed E-state index contributed by atoms with van der Waals surface area (Å²) in [4.78, 5) is 23.0. The second-order valence-corrected chi connectivity index (χ2v) is 4.90. The van der Waals surface area contributed by atoms with Gasteiger partial charge in [0.25, 0.3) is 0 Å². The van der Waals surface area contributed by atoms with Crippen LogP contribution in [0.5, 0.6) is 11.5 Å². The van der Waals surface area contributed by atoms with Crippen LogP contribution in [0.15, 0.2) is 54.6 Å². The molecule has 6 heteroatoms. The van der Waals surface area contributed by atoms with Crippen molar-refractivity contribution in [2.75, 3.05) is 13.3 Å². The molecule has 0 heterocycles. The van der Waals surface area contributed by atoms with Crippen LogP contribution in [-0.4, -0.2) is 25.4 Å². The van der Waals surface area contributed by atoms with Crippen LogP contribution in [0.25, 0.3) is 0 Å². The zero-order valence-corrected chi connectivity index (χ0v) is 13.4. The Bertz CT molecular complexity index is 672. The number of hydrogen-bond acceptors (Lipinski definition) is 5. The minimum atomic E-state index is -0.690. The Balaban J connectivity index is 1.59. The van der Waals surface area contributed by atoms with E-state index in [0.29, 0.717) is 5.75 Å². The molecule has 0 fully saturated rings. The summed E-state index contributed by atoms with van der Waals surface area (Å²) < 4.78 is 15.4. The Labute approximate surface area is 140 Å². The first-order chi connectivity index (χ1) is 11.6. The van der Waals surface area contributed by atoms with Gasteiger partial charge in [-0.2, -0.15) is 0 Å². The van der Waals surface area contributed by atoms with E-state index in [0.717, 1.165) is 11.3 Å². The van der Waals surface area contributed by atoms with Crippen LogP contribution in [0.3, 0.4) is 0 Å². The number of esters is 1. The number of nitrogens with one attached hydrogen (secondary N) is 1. The first-order valence-corrected chi connectivity index (χ1v) is 7.50. The SMILES string of the molecule is Cc1ccccc1OCCC(=O)OCNC(=O)Oc1ccccc1. The summed E-state index contributed by atoms with van der Waals surface area (Å²) >= 11 is 0. The van der Waals surface area contributed by atoms with Crippen LogP contribution in [0.2, 0.25) is 0 Å². The summed E-state index contributed by atoms with van der Waals surface area (Å²) in [5.41, 5.74) is 0.996. The molecule has 2 aromatic rings. The third-order valence-electron chi connectivity index (χ3n) is 3.06. The molecule has 0 atom stereocenters. The van der Waals surface area contributed by atoms with Crippen LogP contribution in [0.4, 0.5) is 4.79 Å². The van der Waals surface area contributed by atoms with E-state index in [1.807, 2.05) is 37.3 Å². The second-order valence-electron chi connectivity index (χ2n) is 4.90. The van der Waals surface area contributed by atoms with Gasteiger partial charge in [0.05, 0.1) is 13.0 Å². The predicted octanol–water partition coefficient (Wildman–Crippen LogP) is 3.05. The summed E-state index contributed by atoms with van der Waals surface area (Å²) in [5.74, 6) is 0.673. The normalized spacial score (nSPS) is 9.88. The van der Waals surface area contributed by atoms with Crippen LogP contribution in [0, 0.1) is 6.92 Å². The fourth-order valence-electron chi connectivity index (χ4n) is 1.84. The first kappa shape index (κ1) is 17.3. The van der Waals surface area contributed by atoms with Crippen molar-refractivity contribution in [2.24, 2.45) is 0 Å². The topological polar surface area (TPSA) is 73.9 Å². The first-order valence-electron chi connectivity index (χ1n) is 7.50. The number of carbonyl (C=O) groups is 2. The molecule has 126 valence electrons. The summed E-state index contributed by atoms with van der Waals surface area (Å²) in [6.45, 7) is 1.88. The molecule has 0 spiro atoms. The molecule has 0 aliphatic heterocycles. The lowest BCUT2D eigenvalue weighted by Gasteiger charge is -2.09. The Kier molecular flexibility index (Phi) is 6.64. The van der Waals surface area contributed by atoms with Crippen LogP contribution in [0.1, 0.15) is 12.0 Å². The van der Waals surface area contributed by atoms with Gasteiger partial charge >= 0.3 is 12.1 Å². The highest BCUT2D eigenvalue weighted by molar-refractivity contribution is 5.72. The largest absolute Gasteiger partial charge is 0.493 e. The van der Waals surface area contributed by atoms with Gasteiger partial charge in [0.15, 0.2) is 6.73 Å². The number of hydrogen-bond donors (Lipinski definition) is 1. The zero-order valence-electron chi connectivity index (χ0n) is 13.4. The molecule has 6 nitrogen and oxygen atoms in total. The van der Waals surface area contributed by atoms with E-state index in [1.54, 1.807) is 24.3 Å². The van der Waals surface area contributed by atoms with Gasteiger partial charge in [-0.1, -0.05) is 36.4 Å². The fourth-order valence-corrected chi connectivity index (χ4v) is 1.84. The molecule has 0 aromatic heterocycles. The number of benzene rings is 2. The van der Waals surface area contributed by atoms with Crippen LogP contribution >= 0.6 is 0 Å². The highest BCUT2D eigenvalue weighted by Crippen LogP contribution is 2.16. The highest BCUT2D eigenvalue weighted by Gasteiger charge is 2.07. The maximum Gasteiger partial charge on any atom is 0.415 e. The lowest BCUT2D eigenvalue weighted by molar-refractivity contribution is -0.144. The van der Waals surface area contributed by atoms with E-state index in [-0.39, 0.29) is 19.8 Å². The Morgan fingerprint density at radius 3 is 2.46 bits per heavy atom. The van der Waals surface area contributed by atoms with Gasteiger partial charge in [-0.3, -0.25) is 10.1 Å². The lowest BCUT2D eigenvalue weighted by atomic mass is 10.2. The smallest absolute Gasteiger partial charge is 0.415 e. The molecule has 1 N–H and O–H groups in total. The molecule has 0 unspecified atom stereocenters. The van der Waals surface area contributed by atoms with Crippen molar-refractivity contribution in [1.82, 2.24) is 5.32 Å². The average molecular weight is 329 g/mol. The Morgan fingerprint density at radius 2 is 1.71 bits per heavy atom. The average Bonchev–Trinajstić information content (AvgIpc) is 2.57. The minimum Gasteiger partial charge on any atom is -0.493 e. The molecule has 0 aliphatic rings. The molecular formula is C18H19NO5. The highest BCUT2D eigenvalue weighted by atomic mass is 16.6. The number of amides is 1. The van der Waals surface area contributed by atoms with Crippen molar-refractivity contribution in [3.8, 4) is 11.5 Å². The van der Waals surface area contributed by atoms with Gasteiger partial charge in [0.2, 0.25) is 0 Å². The monoisotopic (exact) mass is 329 g/mol. The molecule has 2 aromatic carbocycles. The second kappa shape index (κ2) is 9.19. The van der Waals surface area contributed by atoms with Crippen molar-refractivity contribution in [3.63, 3.8) is 0 Å². The standard InChI is InChI=1S/C18H19NO5/c1-14-7-5-6-10-16(14)22-12-11-17(20)23-13-19-18(21)24-15-8-3-2-4-9-15/h2-10H,11-13H2,1H3,(H,19,21). The van der Waals surface area contributed by atoms with Crippen molar-refractivity contribution >= 4 is 12.1 Å². The maximum atomic E-state index is 11.6. The van der Waals surface area contributed by atoms with Crippen molar-refractivity contribution in [3.05, 3.63) is 60.2 Å². The van der Waals surface area contributed by atoms with E-state index in [4.69, 9.17) is 14.2 Å². The van der Waals surface area contributed by atoms with Gasteiger partial charge in [0.1, 0.15) is 11.5 Å². The molecule has 0 bridgehead atoms. The van der Waals surface area contributed by atoms with Crippen LogP contribution in [-0.2, 0) is 9.53 Å². The Hall–Kier alpha value is -3.02. The maximum absolute atomic E-state index is 11.6. The summed E-state index contributed by atoms with van der Waals surface area (Å²) in [6, 6.07) is 16.1. The summed E-state index contributed by atoms with van der Waals surface area (Å²) in [6.07, 6.45) is -0.603. The van der Waals surface area contributed by atoms with Gasteiger partial charge in [-0.05, 0) is 30.7 Å². The summed E-state index contributed by atoms with van der Waals surface area (Å²) in [5, 5.41) is 2.33. The van der Waals surface area contributed by atoms with E-state index < -0.39 is 12.1 Å². The third-order valence-corrected chi connectivity index (χ3v) is 3.06. The fraction of sp³-hybridized carbons (Fsp3) is 0.222. The number of rotatable bonds is 7. The van der Waals surface area contributed by atoms with Crippen LogP contribution < -0.4 is 14.8 Å². The number of ether oxygens (including phenoxy) is 3. The van der Waals surface area contributed by atoms with Crippen molar-refractivity contribution < 1.29 is 23.8 Å². The molecule has 24 heavy (non-hydrogen) atoms. The number of aryl methyl sites for hydroxylation is 1. The molecule has 0 saturated heterocycles. The van der Waals surface area contributed by atoms with Gasteiger partial charge < -0.3 is 14.2 Å². The van der Waals surface area contributed by atoms with Gasteiger partial charge in [-0.15, -0.1) is 0 Å². The number of carbonyl (C=O) groups excluding carboxylic acids is 2. The zero-order chi connectivity index (χ0) is 17.2. The van der Waals surface area contributed by atoms with E-state index in [2.05, 4.69) is 5.32 Å². The molecule has 0 aliphatic carbocycles. The molecule has 0 saturated carbocycles. The van der Waals surface area contributed by atoms with Gasteiger partial charge in [-0.25, -0.2) is 4.79 Å². The van der Waals surface area contributed by atoms with E-state index in [9.17, 15) is 9.59 Å². The minimum absolute atomic E-state index is 0.0871. The van der Waals surface area contributed by atoms with Crippen molar-refractivity contribution in [1.29, 1.82) is 0 Å². The third kappa shape index (κ3) is 6.00. The number of para-hydroxylation sites is 2. The van der Waals surface area contributed by atoms with E-state index in [1.165, 1.54) is 0 Å². The van der Waals surface area contributed by atoms with Gasteiger partial charge in [0, 0.05) is 0 Å². The lowest BCUT2D eigenvalue weighted by Crippen LogP contribution is -2.30. The molecule has 1 amide bonds. The Morgan fingerprint density at radius 1 is 1.00 bits per heavy atom.